The van der Waals surface area contributed by atoms with Crippen LogP contribution in [0, 0.1) is 0 Å². The Morgan fingerprint density at radius 3 is 1.32 bits per heavy atom. The van der Waals surface area contributed by atoms with E-state index >= 15 is 0 Å². The third-order valence-electron chi connectivity index (χ3n) is 3.01. The van der Waals surface area contributed by atoms with E-state index in [0.29, 0.717) is 11.1 Å². The highest BCUT2D eigenvalue weighted by Crippen LogP contribution is 2.49. The maximum Gasteiger partial charge on any atom is 0.441 e. The maximum absolute atomic E-state index is 9.88. The van der Waals surface area contributed by atoms with Gasteiger partial charge >= 0.3 is 7.94 Å². The van der Waals surface area contributed by atoms with Crippen LogP contribution >= 0.6 is 7.94 Å². The van der Waals surface area contributed by atoms with Gasteiger partial charge in [0, 0.05) is 11.1 Å². The summed E-state index contributed by atoms with van der Waals surface area (Å²) in [6.45, 7) is 11.4. The zero-order valence-corrected chi connectivity index (χ0v) is 13.3. The van der Waals surface area contributed by atoms with Crippen LogP contribution in [0.2, 0.25) is 0 Å². The third-order valence-corrected chi connectivity index (χ3v) is 4.09. The normalized spacial score (nSPS) is 13.7. The molecule has 5 heteroatoms. The van der Waals surface area contributed by atoms with Crippen LogP contribution < -0.4 is 5.30 Å². The lowest BCUT2D eigenvalue weighted by molar-refractivity contribution is 0.344. The number of hydrogen-bond donors (Lipinski definition) is 4. The summed E-state index contributed by atoms with van der Waals surface area (Å²) in [5.74, 6) is 0.0621. The van der Waals surface area contributed by atoms with Crippen LogP contribution in [0.25, 0.3) is 0 Å². The average molecular weight is 287 g/mol. The topological polar surface area (TPSA) is 80.9 Å². The summed E-state index contributed by atoms with van der Waals surface area (Å²) in [7, 11) is -4.17. The van der Waals surface area contributed by atoms with E-state index in [-0.39, 0.29) is 11.1 Å². The zero-order chi connectivity index (χ0) is 15.2. The van der Waals surface area contributed by atoms with E-state index < -0.39 is 18.8 Å². The van der Waals surface area contributed by atoms with Crippen molar-refractivity contribution in [3.05, 3.63) is 23.3 Å². The van der Waals surface area contributed by atoms with Gasteiger partial charge in [0.1, 0.15) is 5.75 Å². The lowest BCUT2D eigenvalue weighted by Crippen LogP contribution is -2.32. The smallest absolute Gasteiger partial charge is 0.441 e. The van der Waals surface area contributed by atoms with Gasteiger partial charge in [-0.25, -0.2) is 0 Å². The summed E-state index contributed by atoms with van der Waals surface area (Å²) in [5.41, 5.74) is 0.262. The molecule has 0 saturated heterocycles. The van der Waals surface area contributed by atoms with E-state index in [1.165, 1.54) is 12.1 Å². The first-order valence-corrected chi connectivity index (χ1v) is 7.85. The predicted octanol–water partition coefficient (Wildman–Crippen LogP) is 2.35. The first-order valence-electron chi connectivity index (χ1n) is 6.20. The molecule has 0 spiro atoms. The van der Waals surface area contributed by atoms with Crippen molar-refractivity contribution >= 4 is 13.2 Å². The van der Waals surface area contributed by atoms with Crippen molar-refractivity contribution < 1.29 is 19.8 Å². The van der Waals surface area contributed by atoms with Crippen LogP contribution in [-0.2, 0) is 10.8 Å². The molecule has 0 aromatic heterocycles. The summed E-state index contributed by atoms with van der Waals surface area (Å²) in [6, 6.07) is 2.98. The van der Waals surface area contributed by atoms with Crippen molar-refractivity contribution in [1.29, 1.82) is 0 Å². The minimum Gasteiger partial charge on any atom is -0.508 e. The largest absolute Gasteiger partial charge is 0.508 e. The van der Waals surface area contributed by atoms with Crippen LogP contribution in [-0.4, -0.2) is 19.8 Å². The van der Waals surface area contributed by atoms with Gasteiger partial charge in [0.05, 0.1) is 0 Å². The van der Waals surface area contributed by atoms with Crippen molar-refractivity contribution in [3.8, 4) is 5.75 Å². The number of hydrogen-bond acceptors (Lipinski definition) is 4. The molecule has 0 aliphatic carbocycles. The number of benzene rings is 1. The monoisotopic (exact) mass is 287 g/mol. The minimum absolute atomic E-state index is 0.0621. The zero-order valence-electron chi connectivity index (χ0n) is 12.4. The van der Waals surface area contributed by atoms with Gasteiger partial charge in [-0.3, -0.25) is 0 Å². The molecule has 0 aliphatic heterocycles. The summed E-state index contributed by atoms with van der Waals surface area (Å²) in [4.78, 5) is 29.4. The second kappa shape index (κ2) is 4.71. The Hall–Kier alpha value is -0.670. The molecule has 0 amide bonds. The van der Waals surface area contributed by atoms with E-state index in [2.05, 4.69) is 0 Å². The van der Waals surface area contributed by atoms with Crippen molar-refractivity contribution in [2.45, 2.75) is 52.4 Å². The van der Waals surface area contributed by atoms with E-state index in [4.69, 9.17) is 0 Å². The van der Waals surface area contributed by atoms with Gasteiger partial charge in [0.2, 0.25) is 0 Å². The van der Waals surface area contributed by atoms with Gasteiger partial charge in [-0.15, -0.1) is 0 Å². The average Bonchev–Trinajstić information content (AvgIpc) is 2.11. The van der Waals surface area contributed by atoms with Crippen molar-refractivity contribution in [2.24, 2.45) is 0 Å². The standard InChI is InChI=1S/C14H23O4P/c1-13(2,3)10-7-9(15)8-11(14(4,5)6)12(10)19(16,17)18/h7-8,16-18H,1-6H3/p+1. The predicted molar refractivity (Wildman–Crippen MR) is 78.7 cm³/mol. The molecule has 0 saturated carbocycles. The van der Waals surface area contributed by atoms with Crippen molar-refractivity contribution in [1.82, 2.24) is 0 Å². The molecule has 4 nitrogen and oxygen atoms in total. The van der Waals surface area contributed by atoms with E-state index in [1.54, 1.807) is 0 Å². The lowest BCUT2D eigenvalue weighted by atomic mass is 9.80. The van der Waals surface area contributed by atoms with Gasteiger partial charge in [0.15, 0.2) is 5.30 Å². The fourth-order valence-corrected chi connectivity index (χ4v) is 3.53. The molecule has 0 unspecified atom stereocenters. The molecule has 0 bridgehead atoms. The molecular weight excluding hydrogens is 263 g/mol. The highest BCUT2D eigenvalue weighted by Gasteiger charge is 2.45. The van der Waals surface area contributed by atoms with E-state index in [9.17, 15) is 19.8 Å². The Bertz CT molecular complexity index is 441. The fourth-order valence-electron chi connectivity index (χ4n) is 2.09. The van der Waals surface area contributed by atoms with E-state index in [1.807, 2.05) is 41.5 Å². The van der Waals surface area contributed by atoms with Crippen LogP contribution in [0.4, 0.5) is 0 Å². The van der Waals surface area contributed by atoms with Gasteiger partial charge in [-0.1, -0.05) is 41.5 Å². The Morgan fingerprint density at radius 1 is 0.789 bits per heavy atom. The molecule has 108 valence electrons. The van der Waals surface area contributed by atoms with Gasteiger partial charge in [-0.2, -0.15) is 14.7 Å². The summed E-state index contributed by atoms with van der Waals surface area (Å²) >= 11 is 0. The Labute approximate surface area is 115 Å². The highest BCUT2D eigenvalue weighted by molar-refractivity contribution is 7.67. The molecule has 0 aliphatic rings. The maximum atomic E-state index is 9.88. The van der Waals surface area contributed by atoms with Gasteiger partial charge < -0.3 is 5.11 Å². The summed E-state index contributed by atoms with van der Waals surface area (Å²) < 4.78 is 0. The first-order chi connectivity index (χ1) is 8.24. The molecule has 0 radical (unpaired) electrons. The quantitative estimate of drug-likeness (QED) is 0.598. The summed E-state index contributed by atoms with van der Waals surface area (Å²) in [5, 5.41) is 10.0. The molecule has 0 heterocycles. The molecular formula is C14H24O4P+. The summed E-state index contributed by atoms with van der Waals surface area (Å²) in [6.07, 6.45) is 0. The molecule has 0 atom stereocenters. The van der Waals surface area contributed by atoms with Crippen LogP contribution in [0.1, 0.15) is 52.7 Å². The number of phenols is 1. The molecule has 1 aromatic rings. The van der Waals surface area contributed by atoms with Crippen molar-refractivity contribution in [2.75, 3.05) is 0 Å². The molecule has 4 N–H and O–H groups in total. The molecule has 19 heavy (non-hydrogen) atoms. The number of aromatic hydroxyl groups is 1. The molecule has 0 fully saturated rings. The molecule has 1 aromatic carbocycles. The van der Waals surface area contributed by atoms with E-state index in [0.717, 1.165) is 0 Å². The van der Waals surface area contributed by atoms with Crippen LogP contribution in [0.3, 0.4) is 0 Å². The van der Waals surface area contributed by atoms with Crippen molar-refractivity contribution in [3.63, 3.8) is 0 Å². The third kappa shape index (κ3) is 3.67. The lowest BCUT2D eigenvalue weighted by Gasteiger charge is -2.28. The minimum atomic E-state index is -4.17. The Morgan fingerprint density at radius 2 is 1.11 bits per heavy atom. The molecule has 1 rings (SSSR count). The van der Waals surface area contributed by atoms with Crippen LogP contribution in [0.15, 0.2) is 12.1 Å². The number of phenolic OH excluding ortho intramolecular Hbond substituents is 1. The van der Waals surface area contributed by atoms with Crippen LogP contribution in [0.5, 0.6) is 5.75 Å². The van der Waals surface area contributed by atoms with Gasteiger partial charge in [-0.05, 0) is 23.0 Å². The first kappa shape index (κ1) is 16.4. The Balaban J connectivity index is 3.80. The Kier molecular flexibility index (Phi) is 4.06. The number of rotatable bonds is 1. The SMILES string of the molecule is CC(C)(C)c1cc(O)cc(C(C)(C)C)c1[P+](O)(O)O. The second-order valence-electron chi connectivity index (χ2n) is 6.96. The fraction of sp³-hybridized carbons (Fsp3) is 0.571. The van der Waals surface area contributed by atoms with Gasteiger partial charge in [0.25, 0.3) is 0 Å². The second-order valence-corrected chi connectivity index (χ2v) is 8.54. The highest BCUT2D eigenvalue weighted by atomic mass is 31.2.